The van der Waals surface area contributed by atoms with Gasteiger partial charge in [0.2, 0.25) is 0 Å². The van der Waals surface area contributed by atoms with Gasteiger partial charge in [-0.2, -0.15) is 0 Å². The maximum Gasteiger partial charge on any atom is 0.408 e. The summed E-state index contributed by atoms with van der Waals surface area (Å²) in [5, 5.41) is 10.8. The summed E-state index contributed by atoms with van der Waals surface area (Å²) in [5.41, 5.74) is 1.01. The van der Waals surface area contributed by atoms with Gasteiger partial charge in [0, 0.05) is 21.2 Å². The van der Waals surface area contributed by atoms with Gasteiger partial charge in [0.25, 0.3) is 0 Å². The maximum absolute atomic E-state index is 11.7. The Morgan fingerprint density at radius 1 is 1.50 bits per heavy atom. The van der Waals surface area contributed by atoms with Gasteiger partial charge in [-0.05, 0) is 19.4 Å². The number of rotatable bonds is 6. The molecule has 0 aliphatic rings. The predicted molar refractivity (Wildman–Crippen MR) is 84.9 cm³/mol. The zero-order chi connectivity index (χ0) is 15.1. The summed E-state index contributed by atoms with van der Waals surface area (Å²) in [6.07, 6.45) is -0.00148. The number of benzene rings is 1. The van der Waals surface area contributed by atoms with Crippen LogP contribution in [0.15, 0.2) is 24.3 Å². The molecule has 1 aromatic rings. The van der Waals surface area contributed by atoms with E-state index in [1.54, 1.807) is 25.1 Å². The molecule has 0 aliphatic heterocycles. The molecule has 0 spiro atoms. The zero-order valence-corrected chi connectivity index (χ0v) is 13.0. The molecule has 0 fully saturated rings. The minimum absolute atomic E-state index is 0.0775. The molecule has 1 amide bonds. The standard InChI is InChI=1S/C14H17ClN2O2S/c1-3-12(20)13(9(2)16)17-14(18)19-8-10-6-4-5-7-11(10)15/h4-7,13,16H,3,8H2,1-2H3,(H,17,18). The van der Waals surface area contributed by atoms with E-state index in [1.807, 2.05) is 13.0 Å². The van der Waals surface area contributed by atoms with Crippen LogP contribution in [0.25, 0.3) is 0 Å². The highest BCUT2D eigenvalue weighted by atomic mass is 35.5. The summed E-state index contributed by atoms with van der Waals surface area (Å²) in [7, 11) is 0. The van der Waals surface area contributed by atoms with Crippen molar-refractivity contribution in [2.24, 2.45) is 0 Å². The monoisotopic (exact) mass is 312 g/mol. The van der Waals surface area contributed by atoms with Crippen LogP contribution in [-0.2, 0) is 11.3 Å². The van der Waals surface area contributed by atoms with Gasteiger partial charge in [-0.3, -0.25) is 0 Å². The summed E-state index contributed by atoms with van der Waals surface area (Å²) in [6, 6.07) is 6.58. The number of thiocarbonyl (C=S) groups is 1. The summed E-state index contributed by atoms with van der Waals surface area (Å²) in [6.45, 7) is 3.56. The van der Waals surface area contributed by atoms with Gasteiger partial charge in [0.1, 0.15) is 12.6 Å². The quantitative estimate of drug-likeness (QED) is 0.621. The van der Waals surface area contributed by atoms with Crippen molar-refractivity contribution in [3.05, 3.63) is 34.9 Å². The zero-order valence-electron chi connectivity index (χ0n) is 11.4. The first-order chi connectivity index (χ1) is 9.45. The van der Waals surface area contributed by atoms with Crippen LogP contribution in [0.3, 0.4) is 0 Å². The van der Waals surface area contributed by atoms with E-state index in [4.69, 9.17) is 34.0 Å². The lowest BCUT2D eigenvalue weighted by molar-refractivity contribution is 0.140. The molecule has 6 heteroatoms. The van der Waals surface area contributed by atoms with Crippen LogP contribution in [0.1, 0.15) is 25.8 Å². The van der Waals surface area contributed by atoms with Crippen LogP contribution < -0.4 is 5.32 Å². The molecule has 1 atom stereocenters. The number of nitrogens with one attached hydrogen (secondary N) is 2. The second-order valence-corrected chi connectivity index (χ2v) is 5.18. The van der Waals surface area contributed by atoms with Crippen molar-refractivity contribution in [2.75, 3.05) is 0 Å². The molecule has 1 rings (SSSR count). The molecule has 0 heterocycles. The molecule has 4 nitrogen and oxygen atoms in total. The van der Waals surface area contributed by atoms with Gasteiger partial charge in [-0.15, -0.1) is 0 Å². The molecular formula is C14H17ClN2O2S. The molecule has 1 unspecified atom stereocenters. The van der Waals surface area contributed by atoms with Crippen molar-refractivity contribution in [2.45, 2.75) is 32.9 Å². The smallest absolute Gasteiger partial charge is 0.408 e. The van der Waals surface area contributed by atoms with Crippen molar-refractivity contribution in [3.63, 3.8) is 0 Å². The highest BCUT2D eigenvalue weighted by molar-refractivity contribution is 7.80. The van der Waals surface area contributed by atoms with Crippen LogP contribution in [0.4, 0.5) is 4.79 Å². The Morgan fingerprint density at radius 3 is 2.70 bits per heavy atom. The van der Waals surface area contributed by atoms with Crippen LogP contribution in [0, 0.1) is 5.41 Å². The fourth-order valence-corrected chi connectivity index (χ4v) is 1.98. The summed E-state index contributed by atoms with van der Waals surface area (Å²) in [5.74, 6) is 0. The normalized spacial score (nSPS) is 11.6. The lowest BCUT2D eigenvalue weighted by Crippen LogP contribution is -2.44. The number of carbonyl (C=O) groups excluding carboxylic acids is 1. The van der Waals surface area contributed by atoms with Gasteiger partial charge >= 0.3 is 6.09 Å². The number of hydrogen-bond acceptors (Lipinski definition) is 4. The molecular weight excluding hydrogens is 296 g/mol. The van der Waals surface area contributed by atoms with E-state index in [9.17, 15) is 4.79 Å². The number of amides is 1. The topological polar surface area (TPSA) is 62.2 Å². The summed E-state index contributed by atoms with van der Waals surface area (Å²) >= 11 is 11.1. The Bertz CT molecular complexity index is 520. The highest BCUT2D eigenvalue weighted by Gasteiger charge is 2.18. The fourth-order valence-electron chi connectivity index (χ4n) is 1.55. The van der Waals surface area contributed by atoms with Crippen molar-refractivity contribution >= 4 is 40.5 Å². The third-order valence-electron chi connectivity index (χ3n) is 2.68. The first kappa shape index (κ1) is 16.6. The second kappa shape index (κ2) is 7.97. The number of alkyl carbamates (subject to hydrolysis) is 1. The van der Waals surface area contributed by atoms with Gasteiger partial charge in [-0.1, -0.05) is 48.9 Å². The summed E-state index contributed by atoms with van der Waals surface area (Å²) in [4.78, 5) is 12.3. The Hall–Kier alpha value is -1.46. The van der Waals surface area contributed by atoms with Crippen molar-refractivity contribution < 1.29 is 9.53 Å². The number of ether oxygens (including phenoxy) is 1. The van der Waals surface area contributed by atoms with Gasteiger partial charge in [0.05, 0.1) is 0 Å². The Kier molecular flexibility index (Phi) is 6.61. The average molecular weight is 313 g/mol. The van der Waals surface area contributed by atoms with Gasteiger partial charge < -0.3 is 15.5 Å². The van der Waals surface area contributed by atoms with Crippen LogP contribution in [0.5, 0.6) is 0 Å². The first-order valence-electron chi connectivity index (χ1n) is 6.20. The largest absolute Gasteiger partial charge is 0.445 e. The molecule has 0 aliphatic carbocycles. The number of hydrogen-bond donors (Lipinski definition) is 2. The molecule has 0 radical (unpaired) electrons. The number of halogens is 1. The SMILES string of the molecule is CCC(=S)C(NC(=O)OCc1ccccc1Cl)C(C)=N. The minimum Gasteiger partial charge on any atom is -0.445 e. The Labute approximate surface area is 129 Å². The van der Waals surface area contributed by atoms with Crippen LogP contribution in [-0.4, -0.2) is 22.7 Å². The van der Waals surface area contributed by atoms with Crippen molar-refractivity contribution in [1.29, 1.82) is 5.41 Å². The van der Waals surface area contributed by atoms with E-state index in [0.29, 0.717) is 16.3 Å². The van der Waals surface area contributed by atoms with E-state index in [2.05, 4.69) is 5.32 Å². The lowest BCUT2D eigenvalue weighted by Gasteiger charge is -2.18. The Morgan fingerprint density at radius 2 is 2.15 bits per heavy atom. The Balaban J connectivity index is 2.57. The van der Waals surface area contributed by atoms with E-state index < -0.39 is 12.1 Å². The molecule has 108 valence electrons. The van der Waals surface area contributed by atoms with Gasteiger partial charge in [-0.25, -0.2) is 4.79 Å². The van der Waals surface area contributed by atoms with E-state index in [0.717, 1.165) is 5.56 Å². The molecule has 1 aromatic carbocycles. The molecule has 0 bridgehead atoms. The minimum atomic E-state index is -0.614. The first-order valence-corrected chi connectivity index (χ1v) is 6.98. The lowest BCUT2D eigenvalue weighted by atomic mass is 10.1. The molecule has 20 heavy (non-hydrogen) atoms. The van der Waals surface area contributed by atoms with E-state index >= 15 is 0 Å². The fraction of sp³-hybridized carbons (Fsp3) is 0.357. The van der Waals surface area contributed by atoms with Crippen LogP contribution >= 0.6 is 23.8 Å². The molecule has 0 saturated heterocycles. The summed E-state index contributed by atoms with van der Waals surface area (Å²) < 4.78 is 5.09. The van der Waals surface area contributed by atoms with Crippen molar-refractivity contribution in [1.82, 2.24) is 5.32 Å². The predicted octanol–water partition coefficient (Wildman–Crippen LogP) is 3.75. The van der Waals surface area contributed by atoms with Gasteiger partial charge in [0.15, 0.2) is 0 Å². The van der Waals surface area contributed by atoms with Crippen LogP contribution in [0.2, 0.25) is 5.02 Å². The molecule has 0 aromatic heterocycles. The highest BCUT2D eigenvalue weighted by Crippen LogP contribution is 2.15. The third-order valence-corrected chi connectivity index (χ3v) is 3.58. The molecule has 2 N–H and O–H groups in total. The third kappa shape index (κ3) is 4.90. The van der Waals surface area contributed by atoms with E-state index in [-0.39, 0.29) is 12.3 Å². The maximum atomic E-state index is 11.7. The second-order valence-electron chi connectivity index (χ2n) is 4.25. The number of carbonyl (C=O) groups is 1. The van der Waals surface area contributed by atoms with E-state index in [1.165, 1.54) is 0 Å². The average Bonchev–Trinajstić information content (AvgIpc) is 2.42. The molecule has 0 saturated carbocycles. The van der Waals surface area contributed by atoms with Crippen molar-refractivity contribution in [3.8, 4) is 0 Å².